The topological polar surface area (TPSA) is 58.5 Å². The Labute approximate surface area is 114 Å². The molecular formula is C14H23N5. The van der Waals surface area contributed by atoms with Crippen molar-refractivity contribution < 1.29 is 0 Å². The smallest absolute Gasteiger partial charge is 0.106 e. The number of H-pyrrole nitrogens is 1. The highest BCUT2D eigenvalue weighted by Gasteiger charge is 2.15. The van der Waals surface area contributed by atoms with E-state index in [0.717, 1.165) is 30.9 Å². The maximum absolute atomic E-state index is 4.46. The van der Waals surface area contributed by atoms with Crippen LogP contribution in [0.15, 0.2) is 12.4 Å². The molecule has 1 atom stereocenters. The fourth-order valence-corrected chi connectivity index (χ4v) is 2.53. The highest BCUT2D eigenvalue weighted by molar-refractivity contribution is 5.27. The Hall–Kier alpha value is -1.62. The Morgan fingerprint density at radius 1 is 1.42 bits per heavy atom. The standard InChI is InChI=1S/C14H23N5/c1-10(14-11(2)18-19(4)12(14)3)15-7-5-6-13-16-8-9-17-13/h8-10,15H,5-7H2,1-4H3,(H,16,17). The van der Waals surface area contributed by atoms with E-state index in [2.05, 4.69) is 41.2 Å². The third kappa shape index (κ3) is 3.23. The van der Waals surface area contributed by atoms with E-state index in [4.69, 9.17) is 0 Å². The van der Waals surface area contributed by atoms with Crippen molar-refractivity contribution in [1.82, 2.24) is 25.1 Å². The minimum Gasteiger partial charge on any atom is -0.349 e. The minimum atomic E-state index is 0.338. The lowest BCUT2D eigenvalue weighted by atomic mass is 10.1. The Morgan fingerprint density at radius 3 is 2.79 bits per heavy atom. The summed E-state index contributed by atoms with van der Waals surface area (Å²) in [5.41, 5.74) is 3.68. The first-order chi connectivity index (χ1) is 9.09. The molecule has 0 saturated heterocycles. The van der Waals surface area contributed by atoms with Crippen LogP contribution in [0.3, 0.4) is 0 Å². The van der Waals surface area contributed by atoms with Gasteiger partial charge in [-0.1, -0.05) is 0 Å². The van der Waals surface area contributed by atoms with E-state index in [1.807, 2.05) is 17.9 Å². The van der Waals surface area contributed by atoms with Crippen molar-refractivity contribution >= 4 is 0 Å². The van der Waals surface area contributed by atoms with Gasteiger partial charge in [0.1, 0.15) is 5.82 Å². The van der Waals surface area contributed by atoms with Gasteiger partial charge >= 0.3 is 0 Å². The molecule has 1 unspecified atom stereocenters. The molecule has 0 aliphatic rings. The normalized spacial score (nSPS) is 12.8. The average Bonchev–Trinajstić information content (AvgIpc) is 2.95. The molecule has 5 nitrogen and oxygen atoms in total. The summed E-state index contributed by atoms with van der Waals surface area (Å²) in [6.45, 7) is 7.37. The van der Waals surface area contributed by atoms with Crippen molar-refractivity contribution in [3.63, 3.8) is 0 Å². The lowest BCUT2D eigenvalue weighted by Gasteiger charge is -2.14. The van der Waals surface area contributed by atoms with Gasteiger partial charge in [-0.05, 0) is 33.7 Å². The Bertz CT molecular complexity index is 512. The highest BCUT2D eigenvalue weighted by Crippen LogP contribution is 2.20. The molecule has 0 bridgehead atoms. The van der Waals surface area contributed by atoms with Gasteiger partial charge in [0.15, 0.2) is 0 Å². The first-order valence-corrected chi connectivity index (χ1v) is 6.81. The number of hydrogen-bond donors (Lipinski definition) is 2. The van der Waals surface area contributed by atoms with Crippen LogP contribution >= 0.6 is 0 Å². The van der Waals surface area contributed by atoms with E-state index in [-0.39, 0.29) is 0 Å². The van der Waals surface area contributed by atoms with Crippen molar-refractivity contribution in [2.45, 2.75) is 39.7 Å². The van der Waals surface area contributed by atoms with E-state index in [1.54, 1.807) is 6.20 Å². The largest absolute Gasteiger partial charge is 0.349 e. The van der Waals surface area contributed by atoms with Crippen molar-refractivity contribution in [2.75, 3.05) is 6.54 Å². The predicted octanol–water partition coefficient (Wildman–Crippen LogP) is 2.04. The van der Waals surface area contributed by atoms with Gasteiger partial charge in [0.25, 0.3) is 0 Å². The lowest BCUT2D eigenvalue weighted by Crippen LogP contribution is -2.21. The minimum absolute atomic E-state index is 0.338. The van der Waals surface area contributed by atoms with Crippen molar-refractivity contribution in [1.29, 1.82) is 0 Å². The van der Waals surface area contributed by atoms with Gasteiger partial charge in [-0.15, -0.1) is 0 Å². The zero-order valence-corrected chi connectivity index (χ0v) is 12.2. The fourth-order valence-electron chi connectivity index (χ4n) is 2.53. The number of nitrogens with zero attached hydrogens (tertiary/aromatic N) is 3. The van der Waals surface area contributed by atoms with E-state index in [0.29, 0.717) is 6.04 Å². The first-order valence-electron chi connectivity index (χ1n) is 6.81. The molecule has 0 radical (unpaired) electrons. The summed E-state index contributed by atoms with van der Waals surface area (Å²) < 4.78 is 1.95. The van der Waals surface area contributed by atoms with Gasteiger partial charge in [-0.25, -0.2) is 4.98 Å². The van der Waals surface area contributed by atoms with Gasteiger partial charge in [-0.2, -0.15) is 5.10 Å². The van der Waals surface area contributed by atoms with Gasteiger partial charge in [-0.3, -0.25) is 4.68 Å². The van der Waals surface area contributed by atoms with Crippen LogP contribution in [0.2, 0.25) is 0 Å². The van der Waals surface area contributed by atoms with Crippen LogP contribution in [0, 0.1) is 13.8 Å². The van der Waals surface area contributed by atoms with Gasteiger partial charge in [0, 0.05) is 43.2 Å². The maximum Gasteiger partial charge on any atom is 0.106 e. The number of aromatic nitrogens is 4. The molecule has 104 valence electrons. The summed E-state index contributed by atoms with van der Waals surface area (Å²) in [5.74, 6) is 1.06. The molecule has 19 heavy (non-hydrogen) atoms. The van der Waals surface area contributed by atoms with Crippen LogP contribution in [-0.2, 0) is 13.5 Å². The third-order valence-corrected chi connectivity index (χ3v) is 3.59. The monoisotopic (exact) mass is 261 g/mol. The number of imidazole rings is 1. The highest BCUT2D eigenvalue weighted by atomic mass is 15.3. The number of nitrogens with one attached hydrogen (secondary N) is 2. The zero-order valence-electron chi connectivity index (χ0n) is 12.2. The molecule has 2 aromatic heterocycles. The fraction of sp³-hybridized carbons (Fsp3) is 0.571. The predicted molar refractivity (Wildman–Crippen MR) is 76.0 cm³/mol. The maximum atomic E-state index is 4.46. The molecule has 2 aromatic rings. The molecule has 0 aliphatic heterocycles. The van der Waals surface area contributed by atoms with Crippen molar-refractivity contribution in [2.24, 2.45) is 7.05 Å². The van der Waals surface area contributed by atoms with Crippen LogP contribution in [0.4, 0.5) is 0 Å². The molecule has 0 amide bonds. The van der Waals surface area contributed by atoms with Gasteiger partial charge < -0.3 is 10.3 Å². The Balaban J connectivity index is 1.82. The summed E-state index contributed by atoms with van der Waals surface area (Å²) in [6, 6.07) is 0.338. The van der Waals surface area contributed by atoms with E-state index >= 15 is 0 Å². The molecule has 5 heteroatoms. The van der Waals surface area contributed by atoms with E-state index in [1.165, 1.54) is 11.3 Å². The quantitative estimate of drug-likeness (QED) is 0.782. The van der Waals surface area contributed by atoms with E-state index < -0.39 is 0 Å². The second-order valence-corrected chi connectivity index (χ2v) is 5.02. The molecule has 2 heterocycles. The van der Waals surface area contributed by atoms with Crippen LogP contribution < -0.4 is 5.32 Å². The third-order valence-electron chi connectivity index (χ3n) is 3.59. The van der Waals surface area contributed by atoms with Crippen LogP contribution in [-0.4, -0.2) is 26.3 Å². The SMILES string of the molecule is Cc1nn(C)c(C)c1C(C)NCCCc1ncc[nH]1. The van der Waals surface area contributed by atoms with Crippen LogP contribution in [0.25, 0.3) is 0 Å². The number of aromatic amines is 1. The molecule has 2 N–H and O–H groups in total. The van der Waals surface area contributed by atoms with Crippen LogP contribution in [0.5, 0.6) is 0 Å². The second kappa shape index (κ2) is 6.02. The summed E-state index contributed by atoms with van der Waals surface area (Å²) in [4.78, 5) is 7.35. The molecule has 0 saturated carbocycles. The number of rotatable bonds is 6. The van der Waals surface area contributed by atoms with Crippen LogP contribution in [0.1, 0.15) is 42.2 Å². The molecule has 0 aliphatic carbocycles. The number of hydrogen-bond acceptors (Lipinski definition) is 3. The summed E-state index contributed by atoms with van der Waals surface area (Å²) in [7, 11) is 2.00. The summed E-state index contributed by atoms with van der Waals surface area (Å²) >= 11 is 0. The molecule has 2 rings (SSSR count). The second-order valence-electron chi connectivity index (χ2n) is 5.02. The lowest BCUT2D eigenvalue weighted by molar-refractivity contribution is 0.550. The van der Waals surface area contributed by atoms with E-state index in [9.17, 15) is 0 Å². The molecular weight excluding hydrogens is 238 g/mol. The molecule has 0 spiro atoms. The Morgan fingerprint density at radius 2 is 2.21 bits per heavy atom. The van der Waals surface area contributed by atoms with Gasteiger partial charge in [0.05, 0.1) is 5.69 Å². The molecule has 0 fully saturated rings. The Kier molecular flexibility index (Phi) is 4.37. The average molecular weight is 261 g/mol. The summed E-state index contributed by atoms with van der Waals surface area (Å²) in [5, 5.41) is 8.02. The zero-order chi connectivity index (χ0) is 13.8. The van der Waals surface area contributed by atoms with Crippen molar-refractivity contribution in [3.8, 4) is 0 Å². The first kappa shape index (κ1) is 13.8. The number of aryl methyl sites for hydroxylation is 3. The van der Waals surface area contributed by atoms with Crippen molar-refractivity contribution in [3.05, 3.63) is 35.2 Å². The molecule has 0 aromatic carbocycles. The summed E-state index contributed by atoms with van der Waals surface area (Å²) in [6.07, 6.45) is 5.73. The van der Waals surface area contributed by atoms with Gasteiger partial charge in [0.2, 0.25) is 0 Å².